The van der Waals surface area contributed by atoms with E-state index >= 15 is 0 Å². The Morgan fingerprint density at radius 3 is 3.00 bits per heavy atom. The molecule has 0 spiro atoms. The number of nitrogens with one attached hydrogen (secondary N) is 1. The van der Waals surface area contributed by atoms with Crippen molar-refractivity contribution in [2.45, 2.75) is 19.9 Å². The van der Waals surface area contributed by atoms with Crippen LogP contribution in [0.25, 0.3) is 0 Å². The van der Waals surface area contributed by atoms with Crippen LogP contribution >= 0.6 is 0 Å². The number of pyridine rings is 1. The Labute approximate surface area is 89.1 Å². The molecule has 1 fully saturated rings. The highest BCUT2D eigenvalue weighted by molar-refractivity contribution is 5.44. The number of nitrogens with two attached hydrogens (primary N) is 1. The molecule has 2 rings (SSSR count). The first kappa shape index (κ1) is 9.98. The van der Waals surface area contributed by atoms with Gasteiger partial charge in [-0.15, -0.1) is 0 Å². The minimum atomic E-state index is 0.0266. The molecule has 1 atom stereocenters. The highest BCUT2D eigenvalue weighted by Crippen LogP contribution is 2.21. The van der Waals surface area contributed by atoms with Crippen molar-refractivity contribution in [3.8, 4) is 0 Å². The molecule has 4 nitrogen and oxygen atoms in total. The molecule has 1 unspecified atom stereocenters. The SMILES string of the molecule is C/C(Nc1cc(C(C)N)ccn1)=C1\CO1. The molecule has 4 heteroatoms. The van der Waals surface area contributed by atoms with Crippen molar-refractivity contribution in [3.05, 3.63) is 35.3 Å². The topological polar surface area (TPSA) is 63.5 Å². The van der Waals surface area contributed by atoms with Crippen molar-refractivity contribution in [3.63, 3.8) is 0 Å². The number of aromatic nitrogens is 1. The van der Waals surface area contributed by atoms with Gasteiger partial charge in [-0.05, 0) is 31.5 Å². The summed E-state index contributed by atoms with van der Waals surface area (Å²) in [5.41, 5.74) is 7.88. The van der Waals surface area contributed by atoms with Crippen LogP contribution in [-0.2, 0) is 4.74 Å². The van der Waals surface area contributed by atoms with Crippen LogP contribution in [0, 0.1) is 0 Å². The van der Waals surface area contributed by atoms with E-state index in [9.17, 15) is 0 Å². The molecule has 0 radical (unpaired) electrons. The van der Waals surface area contributed by atoms with Crippen LogP contribution in [0.2, 0.25) is 0 Å². The van der Waals surface area contributed by atoms with Gasteiger partial charge in [0.25, 0.3) is 0 Å². The van der Waals surface area contributed by atoms with Gasteiger partial charge in [0.2, 0.25) is 0 Å². The van der Waals surface area contributed by atoms with E-state index in [-0.39, 0.29) is 6.04 Å². The van der Waals surface area contributed by atoms with Gasteiger partial charge in [-0.1, -0.05) is 0 Å². The average molecular weight is 205 g/mol. The summed E-state index contributed by atoms with van der Waals surface area (Å²) in [6.45, 7) is 4.66. The highest BCUT2D eigenvalue weighted by atomic mass is 16.6. The quantitative estimate of drug-likeness (QED) is 0.738. The third kappa shape index (κ3) is 2.47. The molecule has 1 aliphatic heterocycles. The van der Waals surface area contributed by atoms with E-state index in [1.54, 1.807) is 6.20 Å². The molecule has 80 valence electrons. The van der Waals surface area contributed by atoms with Crippen molar-refractivity contribution >= 4 is 5.82 Å². The number of rotatable bonds is 3. The first-order valence-corrected chi connectivity index (χ1v) is 4.98. The molecule has 3 N–H and O–H groups in total. The average Bonchev–Trinajstić information content (AvgIpc) is 3.01. The summed E-state index contributed by atoms with van der Waals surface area (Å²) in [7, 11) is 0. The van der Waals surface area contributed by atoms with Crippen LogP contribution in [0.15, 0.2) is 29.8 Å². The van der Waals surface area contributed by atoms with Gasteiger partial charge in [-0.2, -0.15) is 0 Å². The van der Waals surface area contributed by atoms with Gasteiger partial charge in [0.15, 0.2) is 5.76 Å². The maximum Gasteiger partial charge on any atom is 0.153 e. The fourth-order valence-corrected chi connectivity index (χ4v) is 1.31. The van der Waals surface area contributed by atoms with E-state index < -0.39 is 0 Å². The molecule has 1 aromatic heterocycles. The van der Waals surface area contributed by atoms with Gasteiger partial charge in [0.05, 0.1) is 5.70 Å². The summed E-state index contributed by atoms with van der Waals surface area (Å²) in [6.07, 6.45) is 1.76. The number of nitrogens with zero attached hydrogens (tertiary/aromatic N) is 1. The van der Waals surface area contributed by atoms with E-state index in [4.69, 9.17) is 10.5 Å². The Bertz CT molecular complexity index is 393. The van der Waals surface area contributed by atoms with E-state index in [0.29, 0.717) is 0 Å². The van der Waals surface area contributed by atoms with Crippen molar-refractivity contribution in [2.75, 3.05) is 11.9 Å². The maximum absolute atomic E-state index is 5.79. The third-order valence-electron chi connectivity index (χ3n) is 2.33. The Balaban J connectivity index is 2.14. The normalized spacial score (nSPS) is 19.1. The van der Waals surface area contributed by atoms with Crippen LogP contribution in [0.5, 0.6) is 0 Å². The minimum Gasteiger partial charge on any atom is -0.484 e. The molecule has 0 amide bonds. The number of hydrogen-bond donors (Lipinski definition) is 2. The fourth-order valence-electron chi connectivity index (χ4n) is 1.31. The lowest BCUT2D eigenvalue weighted by molar-refractivity contribution is 0.507. The Morgan fingerprint density at radius 2 is 2.40 bits per heavy atom. The zero-order valence-corrected chi connectivity index (χ0v) is 8.95. The van der Waals surface area contributed by atoms with Crippen LogP contribution < -0.4 is 11.1 Å². The first-order valence-electron chi connectivity index (χ1n) is 4.98. The standard InChI is InChI=1S/C11H15N3O/c1-7(12)9-3-4-13-11(5-9)14-8(2)10-6-15-10/h3-5,7H,6,12H2,1-2H3,(H,13,14)/b10-8-. The highest BCUT2D eigenvalue weighted by Gasteiger charge is 2.17. The number of hydrogen-bond acceptors (Lipinski definition) is 4. The lowest BCUT2D eigenvalue weighted by Crippen LogP contribution is -2.06. The molecule has 0 aromatic carbocycles. The predicted octanol–water partition coefficient (Wildman–Crippen LogP) is 1.77. The molecule has 0 aliphatic carbocycles. The summed E-state index contributed by atoms with van der Waals surface area (Å²) in [6, 6.07) is 3.90. The summed E-state index contributed by atoms with van der Waals surface area (Å²) < 4.78 is 5.08. The van der Waals surface area contributed by atoms with Crippen LogP contribution in [-0.4, -0.2) is 11.6 Å². The van der Waals surface area contributed by atoms with Gasteiger partial charge in [0.1, 0.15) is 12.4 Å². The first-order chi connectivity index (χ1) is 7.16. The second-order valence-electron chi connectivity index (χ2n) is 3.72. The number of epoxide rings is 1. The van der Waals surface area contributed by atoms with Gasteiger partial charge < -0.3 is 15.8 Å². The summed E-state index contributed by atoms with van der Waals surface area (Å²) in [4.78, 5) is 4.22. The minimum absolute atomic E-state index is 0.0266. The zero-order valence-electron chi connectivity index (χ0n) is 8.95. The molecule has 0 saturated carbocycles. The fraction of sp³-hybridized carbons (Fsp3) is 0.364. The van der Waals surface area contributed by atoms with Crippen molar-refractivity contribution < 1.29 is 4.74 Å². The molecule has 1 aromatic rings. The second kappa shape index (κ2) is 3.90. The maximum atomic E-state index is 5.79. The number of anilines is 1. The molecule has 0 bridgehead atoms. The predicted molar refractivity (Wildman–Crippen MR) is 59.1 cm³/mol. The third-order valence-corrected chi connectivity index (χ3v) is 2.33. The van der Waals surface area contributed by atoms with Gasteiger partial charge in [0, 0.05) is 12.2 Å². The molecular formula is C11H15N3O. The lowest BCUT2D eigenvalue weighted by Gasteiger charge is -2.08. The van der Waals surface area contributed by atoms with Crippen molar-refractivity contribution in [2.24, 2.45) is 5.73 Å². The Hall–Kier alpha value is -1.55. The van der Waals surface area contributed by atoms with E-state index in [1.165, 1.54) is 0 Å². The van der Waals surface area contributed by atoms with Crippen LogP contribution in [0.1, 0.15) is 25.5 Å². The van der Waals surface area contributed by atoms with Crippen LogP contribution in [0.4, 0.5) is 5.82 Å². The molecule has 1 aliphatic rings. The molecule has 15 heavy (non-hydrogen) atoms. The second-order valence-corrected chi connectivity index (χ2v) is 3.72. The monoisotopic (exact) mass is 205 g/mol. The van der Waals surface area contributed by atoms with Crippen LogP contribution in [0.3, 0.4) is 0 Å². The molecular weight excluding hydrogens is 190 g/mol. The van der Waals surface area contributed by atoms with Crippen molar-refractivity contribution in [1.82, 2.24) is 4.98 Å². The zero-order chi connectivity index (χ0) is 10.8. The largest absolute Gasteiger partial charge is 0.484 e. The summed E-state index contributed by atoms with van der Waals surface area (Å²) >= 11 is 0. The van der Waals surface area contributed by atoms with E-state index in [1.807, 2.05) is 26.0 Å². The van der Waals surface area contributed by atoms with E-state index in [0.717, 1.165) is 29.4 Å². The number of ether oxygens (including phenoxy) is 1. The Kier molecular flexibility index (Phi) is 2.60. The van der Waals surface area contributed by atoms with Gasteiger partial charge in [-0.3, -0.25) is 0 Å². The van der Waals surface area contributed by atoms with Gasteiger partial charge >= 0.3 is 0 Å². The number of allylic oxidation sites excluding steroid dienone is 1. The Morgan fingerprint density at radius 1 is 1.67 bits per heavy atom. The molecule has 2 heterocycles. The molecule has 1 saturated heterocycles. The van der Waals surface area contributed by atoms with E-state index in [2.05, 4.69) is 10.3 Å². The smallest absolute Gasteiger partial charge is 0.153 e. The van der Waals surface area contributed by atoms with Crippen molar-refractivity contribution in [1.29, 1.82) is 0 Å². The summed E-state index contributed by atoms with van der Waals surface area (Å²) in [5.74, 6) is 1.81. The summed E-state index contributed by atoms with van der Waals surface area (Å²) in [5, 5.41) is 3.19. The lowest BCUT2D eigenvalue weighted by atomic mass is 10.1. The van der Waals surface area contributed by atoms with Gasteiger partial charge in [-0.25, -0.2) is 4.98 Å².